The number of ether oxygens (including phenoxy) is 1. The third-order valence-corrected chi connectivity index (χ3v) is 6.30. The van der Waals surface area contributed by atoms with Crippen LogP contribution >= 0.6 is 11.6 Å². The maximum absolute atomic E-state index is 9.70. The number of imidazole rings is 1. The third kappa shape index (κ3) is 2.62. The summed E-state index contributed by atoms with van der Waals surface area (Å²) in [4.78, 5) is 10.3. The first kappa shape index (κ1) is 15.9. The van der Waals surface area contributed by atoms with E-state index in [1.165, 1.54) is 0 Å². The molecule has 23 heavy (non-hydrogen) atoms. The predicted octanol–water partition coefficient (Wildman–Crippen LogP) is 2.38. The van der Waals surface area contributed by atoms with Gasteiger partial charge in [-0.25, -0.2) is 4.98 Å². The molecule has 3 fully saturated rings. The Morgan fingerprint density at radius 3 is 3.17 bits per heavy atom. The van der Waals surface area contributed by atoms with Gasteiger partial charge in [0.15, 0.2) is 5.15 Å². The van der Waals surface area contributed by atoms with E-state index in [2.05, 4.69) is 21.8 Å². The van der Waals surface area contributed by atoms with Crippen LogP contribution in [0, 0.1) is 11.8 Å². The van der Waals surface area contributed by atoms with E-state index >= 15 is 0 Å². The molecule has 3 saturated heterocycles. The van der Waals surface area contributed by atoms with Gasteiger partial charge in [-0.05, 0) is 19.3 Å². The van der Waals surface area contributed by atoms with Gasteiger partial charge in [0.2, 0.25) is 0 Å². The number of likely N-dealkylation sites (tertiary alicyclic amines) is 1. The summed E-state index contributed by atoms with van der Waals surface area (Å²) in [6, 6.07) is 0. The predicted molar refractivity (Wildman–Crippen MR) is 88.4 cm³/mol. The minimum absolute atomic E-state index is 0.0183. The zero-order chi connectivity index (χ0) is 16.0. The number of aromatic amines is 1. The molecule has 0 saturated carbocycles. The lowest BCUT2D eigenvalue weighted by molar-refractivity contribution is 0.000300. The minimum Gasteiger partial charge on any atom is -0.396 e. The second kappa shape index (κ2) is 6.03. The minimum atomic E-state index is -0.0183. The van der Waals surface area contributed by atoms with Gasteiger partial charge >= 0.3 is 0 Å². The van der Waals surface area contributed by atoms with Crippen molar-refractivity contribution in [1.82, 2.24) is 14.9 Å². The first-order valence-corrected chi connectivity index (χ1v) is 9.27. The van der Waals surface area contributed by atoms with Crippen LogP contribution in [-0.2, 0) is 17.7 Å². The number of aryl methyl sites for hydroxylation is 1. The Morgan fingerprint density at radius 2 is 2.39 bits per heavy atom. The number of aliphatic hydroxyl groups is 1. The van der Waals surface area contributed by atoms with E-state index in [-0.39, 0.29) is 18.3 Å². The lowest BCUT2D eigenvalue weighted by Crippen LogP contribution is -2.37. The third-order valence-electron chi connectivity index (χ3n) is 5.99. The molecular formula is C17H26ClN3O2. The molecule has 1 aromatic heterocycles. The second-order valence-corrected chi connectivity index (χ2v) is 7.80. The molecule has 3 aliphatic heterocycles. The fraction of sp³-hybridized carbons (Fsp3) is 0.824. The van der Waals surface area contributed by atoms with E-state index in [4.69, 9.17) is 16.3 Å². The molecule has 4 rings (SSSR count). The molecule has 0 amide bonds. The van der Waals surface area contributed by atoms with E-state index in [0.717, 1.165) is 63.3 Å². The van der Waals surface area contributed by atoms with Crippen LogP contribution in [-0.4, -0.2) is 51.4 Å². The van der Waals surface area contributed by atoms with Crippen LogP contribution < -0.4 is 0 Å². The molecule has 1 spiro atoms. The lowest BCUT2D eigenvalue weighted by atomic mass is 9.74. The van der Waals surface area contributed by atoms with Crippen LogP contribution in [0.25, 0.3) is 0 Å². The molecule has 0 aromatic carbocycles. The summed E-state index contributed by atoms with van der Waals surface area (Å²) in [5, 5.41) is 10.3. The summed E-state index contributed by atoms with van der Waals surface area (Å²) >= 11 is 6.32. The van der Waals surface area contributed by atoms with E-state index in [1.54, 1.807) is 0 Å². The first-order valence-electron chi connectivity index (χ1n) is 8.89. The van der Waals surface area contributed by atoms with Crippen LogP contribution in [0.1, 0.15) is 44.1 Å². The number of nitrogens with one attached hydrogen (secondary N) is 1. The quantitative estimate of drug-likeness (QED) is 0.835. The zero-order valence-electron chi connectivity index (χ0n) is 13.7. The van der Waals surface area contributed by atoms with Crippen molar-refractivity contribution in [2.45, 2.75) is 57.3 Å². The van der Waals surface area contributed by atoms with Gasteiger partial charge < -0.3 is 14.8 Å². The SMILES string of the molecule is CCCCc1nc(Cl)c(CN2C[C@@H]3[C@H](CO)[C@H]4CC[C@]3(C2)O4)[nH]1. The van der Waals surface area contributed by atoms with Gasteiger partial charge in [-0.2, -0.15) is 0 Å². The van der Waals surface area contributed by atoms with E-state index < -0.39 is 0 Å². The summed E-state index contributed by atoms with van der Waals surface area (Å²) in [6.07, 6.45) is 5.76. The molecule has 4 atom stereocenters. The monoisotopic (exact) mass is 339 g/mol. The standard InChI is InChI=1S/C17H26ClN3O2/c1-2-3-4-15-19-13(16(18)20-15)8-21-7-12-11(9-22)14-5-6-17(12,10-21)23-14/h11-12,14,22H,2-10H2,1H3,(H,19,20)/t11-,12+,14+,17+/m0/s1. The Hall–Kier alpha value is -0.620. The highest BCUT2D eigenvalue weighted by Gasteiger charge is 2.62. The van der Waals surface area contributed by atoms with Gasteiger partial charge in [-0.3, -0.25) is 4.90 Å². The molecule has 1 aromatic rings. The number of hydrogen-bond donors (Lipinski definition) is 2. The van der Waals surface area contributed by atoms with Crippen molar-refractivity contribution in [1.29, 1.82) is 0 Å². The van der Waals surface area contributed by atoms with Crippen LogP contribution in [0.15, 0.2) is 0 Å². The van der Waals surface area contributed by atoms with Gasteiger partial charge in [0.05, 0.1) is 17.4 Å². The number of H-pyrrole nitrogens is 1. The molecular weight excluding hydrogens is 314 g/mol. The van der Waals surface area contributed by atoms with E-state index in [0.29, 0.717) is 17.0 Å². The lowest BCUT2D eigenvalue weighted by Gasteiger charge is -2.28. The van der Waals surface area contributed by atoms with Gasteiger partial charge in [0.25, 0.3) is 0 Å². The maximum atomic E-state index is 9.70. The fourth-order valence-electron chi connectivity index (χ4n) is 4.88. The maximum Gasteiger partial charge on any atom is 0.151 e. The van der Waals surface area contributed by atoms with Crippen molar-refractivity contribution in [2.24, 2.45) is 11.8 Å². The van der Waals surface area contributed by atoms with Crippen LogP contribution in [0.2, 0.25) is 5.15 Å². The van der Waals surface area contributed by atoms with Gasteiger partial charge in [-0.15, -0.1) is 0 Å². The second-order valence-electron chi connectivity index (χ2n) is 7.44. The normalized spacial score (nSPS) is 36.0. The van der Waals surface area contributed by atoms with Crippen LogP contribution in [0.3, 0.4) is 0 Å². The molecule has 4 heterocycles. The van der Waals surface area contributed by atoms with Gasteiger partial charge in [0, 0.05) is 44.5 Å². The Kier molecular flexibility index (Phi) is 4.16. The number of rotatable bonds is 6. The van der Waals surface area contributed by atoms with Gasteiger partial charge in [0.1, 0.15) is 5.82 Å². The highest BCUT2D eigenvalue weighted by atomic mass is 35.5. The van der Waals surface area contributed by atoms with Crippen molar-refractivity contribution >= 4 is 11.6 Å². The molecule has 0 unspecified atom stereocenters. The first-order chi connectivity index (χ1) is 11.1. The average molecular weight is 340 g/mol. The summed E-state index contributed by atoms with van der Waals surface area (Å²) < 4.78 is 6.28. The molecule has 128 valence electrons. The van der Waals surface area contributed by atoms with Crippen LogP contribution in [0.5, 0.6) is 0 Å². The Balaban J connectivity index is 1.44. The number of unbranched alkanes of at least 4 members (excludes halogenated alkanes) is 1. The molecule has 2 N–H and O–H groups in total. The highest BCUT2D eigenvalue weighted by Crippen LogP contribution is 2.54. The Bertz CT molecular complexity index is 578. The number of aromatic nitrogens is 2. The number of nitrogens with zero attached hydrogens (tertiary/aromatic N) is 2. The fourth-order valence-corrected chi connectivity index (χ4v) is 5.09. The van der Waals surface area contributed by atoms with Crippen molar-refractivity contribution in [3.05, 3.63) is 16.7 Å². The Labute approximate surface area is 142 Å². The molecule has 0 radical (unpaired) electrons. The largest absolute Gasteiger partial charge is 0.396 e. The molecule has 5 nitrogen and oxygen atoms in total. The van der Waals surface area contributed by atoms with E-state index in [9.17, 15) is 5.11 Å². The van der Waals surface area contributed by atoms with Crippen molar-refractivity contribution in [2.75, 3.05) is 19.7 Å². The summed E-state index contributed by atoms with van der Waals surface area (Å²) in [5.41, 5.74) is 1.000. The number of aliphatic hydroxyl groups excluding tert-OH is 1. The number of hydrogen-bond acceptors (Lipinski definition) is 4. The molecule has 3 aliphatic rings. The highest BCUT2D eigenvalue weighted by molar-refractivity contribution is 6.30. The van der Waals surface area contributed by atoms with Gasteiger partial charge in [-0.1, -0.05) is 24.9 Å². The molecule has 0 aliphatic carbocycles. The smallest absolute Gasteiger partial charge is 0.151 e. The number of fused-ring (bicyclic) bond motifs is 1. The van der Waals surface area contributed by atoms with E-state index in [1.807, 2.05) is 0 Å². The van der Waals surface area contributed by atoms with Crippen molar-refractivity contribution in [3.8, 4) is 0 Å². The summed E-state index contributed by atoms with van der Waals surface area (Å²) in [7, 11) is 0. The number of halogens is 1. The Morgan fingerprint density at radius 1 is 1.52 bits per heavy atom. The zero-order valence-corrected chi connectivity index (χ0v) is 14.5. The van der Waals surface area contributed by atoms with Crippen molar-refractivity contribution < 1.29 is 9.84 Å². The average Bonchev–Trinajstić information content (AvgIpc) is 3.24. The summed E-state index contributed by atoms with van der Waals surface area (Å²) in [5.74, 6) is 1.77. The van der Waals surface area contributed by atoms with Crippen LogP contribution in [0.4, 0.5) is 0 Å². The summed E-state index contributed by atoms with van der Waals surface area (Å²) in [6.45, 7) is 5.16. The molecule has 2 bridgehead atoms. The topological polar surface area (TPSA) is 61.4 Å². The molecule has 6 heteroatoms. The van der Waals surface area contributed by atoms with Crippen molar-refractivity contribution in [3.63, 3.8) is 0 Å².